The second-order valence-electron chi connectivity index (χ2n) is 5.93. The van der Waals surface area contributed by atoms with E-state index in [0.717, 1.165) is 12.8 Å². The topological polar surface area (TPSA) is 94.3 Å². The first kappa shape index (κ1) is 17.1. The zero-order valence-electron chi connectivity index (χ0n) is 13.7. The number of benzene rings is 1. The molecule has 1 N–H and O–H groups in total. The van der Waals surface area contributed by atoms with Gasteiger partial charge in [-0.25, -0.2) is 4.39 Å². The van der Waals surface area contributed by atoms with Gasteiger partial charge in [0, 0.05) is 18.0 Å². The van der Waals surface area contributed by atoms with E-state index in [1.807, 2.05) is 0 Å². The van der Waals surface area contributed by atoms with Crippen LogP contribution in [-0.4, -0.2) is 34.2 Å². The molecule has 1 aromatic carbocycles. The summed E-state index contributed by atoms with van der Waals surface area (Å²) in [4.78, 5) is 27.7. The Labute approximate surface area is 143 Å². The van der Waals surface area contributed by atoms with E-state index in [1.165, 1.54) is 19.1 Å². The van der Waals surface area contributed by atoms with E-state index in [1.54, 1.807) is 12.1 Å². The monoisotopic (exact) mass is 347 g/mol. The van der Waals surface area contributed by atoms with E-state index in [9.17, 15) is 14.0 Å². The molecule has 0 aliphatic heterocycles. The van der Waals surface area contributed by atoms with Gasteiger partial charge in [-0.3, -0.25) is 9.59 Å². The molecule has 1 aromatic heterocycles. The molecule has 8 heteroatoms. The van der Waals surface area contributed by atoms with Gasteiger partial charge in [0.1, 0.15) is 5.82 Å². The lowest BCUT2D eigenvalue weighted by Gasteiger charge is -2.12. The summed E-state index contributed by atoms with van der Waals surface area (Å²) in [6.07, 6.45) is 1.33. The highest BCUT2D eigenvalue weighted by atomic mass is 19.1. The van der Waals surface area contributed by atoms with Crippen LogP contribution < -0.4 is 5.32 Å². The van der Waals surface area contributed by atoms with Gasteiger partial charge < -0.3 is 14.6 Å². The Bertz CT molecular complexity index is 756. The molecule has 0 bridgehead atoms. The van der Waals surface area contributed by atoms with E-state index in [4.69, 9.17) is 9.26 Å². The summed E-state index contributed by atoms with van der Waals surface area (Å²) in [6, 6.07) is 5.90. The number of halogens is 1. The lowest BCUT2D eigenvalue weighted by atomic mass is 10.2. The van der Waals surface area contributed by atoms with Crippen LogP contribution in [0, 0.1) is 5.82 Å². The minimum absolute atomic E-state index is 0.0199. The van der Waals surface area contributed by atoms with Crippen LogP contribution in [-0.2, 0) is 20.7 Å². The fourth-order valence-electron chi connectivity index (χ4n) is 2.14. The molecule has 0 saturated heterocycles. The van der Waals surface area contributed by atoms with Crippen molar-refractivity contribution in [3.63, 3.8) is 0 Å². The number of hydrogen-bond acceptors (Lipinski definition) is 6. The molecule has 1 heterocycles. The van der Waals surface area contributed by atoms with Crippen molar-refractivity contribution >= 4 is 11.9 Å². The van der Waals surface area contributed by atoms with Crippen molar-refractivity contribution in [3.8, 4) is 11.4 Å². The third-order valence-corrected chi connectivity index (χ3v) is 3.71. The first-order chi connectivity index (χ1) is 12.0. The normalized spacial score (nSPS) is 14.8. The molecule has 0 spiro atoms. The predicted molar refractivity (Wildman–Crippen MR) is 84.7 cm³/mol. The van der Waals surface area contributed by atoms with E-state index >= 15 is 0 Å². The number of amides is 1. The summed E-state index contributed by atoms with van der Waals surface area (Å²) in [5.41, 5.74) is 0.615. The summed E-state index contributed by atoms with van der Waals surface area (Å²) in [7, 11) is 0. The van der Waals surface area contributed by atoms with Crippen molar-refractivity contribution < 1.29 is 23.2 Å². The summed E-state index contributed by atoms with van der Waals surface area (Å²) >= 11 is 0. The number of hydrogen-bond donors (Lipinski definition) is 1. The van der Waals surface area contributed by atoms with Gasteiger partial charge in [-0.15, -0.1) is 0 Å². The number of aryl methyl sites for hydroxylation is 1. The summed E-state index contributed by atoms with van der Waals surface area (Å²) < 4.78 is 23.1. The fraction of sp³-hybridized carbons (Fsp3) is 0.412. The van der Waals surface area contributed by atoms with E-state index in [2.05, 4.69) is 15.5 Å². The van der Waals surface area contributed by atoms with Crippen LogP contribution in [0.4, 0.5) is 4.39 Å². The Morgan fingerprint density at radius 2 is 2.08 bits per heavy atom. The Kier molecular flexibility index (Phi) is 5.06. The number of nitrogens with zero attached hydrogens (tertiary/aromatic N) is 2. The van der Waals surface area contributed by atoms with Crippen molar-refractivity contribution in [3.05, 3.63) is 36.0 Å². The van der Waals surface area contributed by atoms with Crippen LogP contribution in [0.5, 0.6) is 0 Å². The highest BCUT2D eigenvalue weighted by Crippen LogP contribution is 2.19. The highest BCUT2D eigenvalue weighted by molar-refractivity contribution is 5.83. The number of esters is 1. The highest BCUT2D eigenvalue weighted by Gasteiger charge is 2.27. The number of carbonyl (C=O) groups excluding carboxylic acids is 2. The van der Waals surface area contributed by atoms with Crippen molar-refractivity contribution in [2.75, 3.05) is 0 Å². The quantitative estimate of drug-likeness (QED) is 0.770. The average molecular weight is 347 g/mol. The van der Waals surface area contributed by atoms with Gasteiger partial charge in [-0.2, -0.15) is 4.98 Å². The van der Waals surface area contributed by atoms with Gasteiger partial charge in [0.2, 0.25) is 11.7 Å². The standard InChI is InChI=1S/C17H18FN3O4/c1-10(17(23)19-13-6-7-13)24-15(22)9-8-14-20-16(21-25-14)11-2-4-12(18)5-3-11/h2-5,10,13H,6-9H2,1H3,(H,19,23)/t10-/m0/s1. The van der Waals surface area contributed by atoms with Gasteiger partial charge in [0.05, 0.1) is 6.42 Å². The maximum atomic E-state index is 12.9. The van der Waals surface area contributed by atoms with Crippen LogP contribution in [0.2, 0.25) is 0 Å². The third kappa shape index (κ3) is 4.85. The minimum atomic E-state index is -0.828. The largest absolute Gasteiger partial charge is 0.453 e. The molecule has 1 fully saturated rings. The molecule has 0 radical (unpaired) electrons. The smallest absolute Gasteiger partial charge is 0.307 e. The first-order valence-electron chi connectivity index (χ1n) is 8.09. The van der Waals surface area contributed by atoms with Gasteiger partial charge in [-0.05, 0) is 44.0 Å². The van der Waals surface area contributed by atoms with Gasteiger partial charge in [0.15, 0.2) is 6.10 Å². The Morgan fingerprint density at radius 1 is 1.36 bits per heavy atom. The number of carbonyl (C=O) groups is 2. The Balaban J connectivity index is 1.47. The summed E-state index contributed by atoms with van der Waals surface area (Å²) in [6.45, 7) is 1.54. The van der Waals surface area contributed by atoms with Gasteiger partial charge in [-0.1, -0.05) is 5.16 Å². The molecule has 132 valence electrons. The maximum absolute atomic E-state index is 12.9. The van der Waals surface area contributed by atoms with Crippen molar-refractivity contribution in [2.45, 2.75) is 44.8 Å². The lowest BCUT2D eigenvalue weighted by Crippen LogP contribution is -2.37. The average Bonchev–Trinajstić information content (AvgIpc) is 3.28. The molecule has 2 aromatic rings. The molecule has 1 atom stereocenters. The second kappa shape index (κ2) is 7.42. The summed E-state index contributed by atoms with van der Waals surface area (Å²) in [5.74, 6) is -0.561. The molecular weight excluding hydrogens is 329 g/mol. The Hall–Kier alpha value is -2.77. The molecule has 1 saturated carbocycles. The minimum Gasteiger partial charge on any atom is -0.453 e. The zero-order valence-corrected chi connectivity index (χ0v) is 13.7. The number of nitrogens with one attached hydrogen (secondary N) is 1. The molecule has 1 aliphatic carbocycles. The van der Waals surface area contributed by atoms with Crippen LogP contribution in [0.15, 0.2) is 28.8 Å². The third-order valence-electron chi connectivity index (χ3n) is 3.71. The molecule has 3 rings (SSSR count). The molecule has 7 nitrogen and oxygen atoms in total. The van der Waals surface area contributed by atoms with E-state index < -0.39 is 12.1 Å². The van der Waals surface area contributed by atoms with Crippen molar-refractivity contribution in [1.82, 2.24) is 15.5 Å². The number of ether oxygens (including phenoxy) is 1. The van der Waals surface area contributed by atoms with Gasteiger partial charge in [0.25, 0.3) is 5.91 Å². The summed E-state index contributed by atoms with van der Waals surface area (Å²) in [5, 5.41) is 6.57. The zero-order chi connectivity index (χ0) is 17.8. The molecule has 1 amide bonds. The van der Waals surface area contributed by atoms with Crippen LogP contribution in [0.3, 0.4) is 0 Å². The van der Waals surface area contributed by atoms with Crippen LogP contribution in [0.25, 0.3) is 11.4 Å². The van der Waals surface area contributed by atoms with E-state index in [0.29, 0.717) is 11.4 Å². The van der Waals surface area contributed by atoms with Crippen molar-refractivity contribution in [2.24, 2.45) is 0 Å². The van der Waals surface area contributed by atoms with E-state index in [-0.39, 0.29) is 36.5 Å². The van der Waals surface area contributed by atoms with Crippen LogP contribution >= 0.6 is 0 Å². The molecule has 25 heavy (non-hydrogen) atoms. The maximum Gasteiger partial charge on any atom is 0.307 e. The second-order valence-corrected chi connectivity index (χ2v) is 5.93. The molecular formula is C17H18FN3O4. The van der Waals surface area contributed by atoms with Crippen molar-refractivity contribution in [1.29, 1.82) is 0 Å². The number of rotatable bonds is 7. The van der Waals surface area contributed by atoms with Crippen LogP contribution in [0.1, 0.15) is 32.1 Å². The fourth-order valence-corrected chi connectivity index (χ4v) is 2.14. The molecule has 0 unspecified atom stereocenters. The Morgan fingerprint density at radius 3 is 2.76 bits per heavy atom. The number of aromatic nitrogens is 2. The van der Waals surface area contributed by atoms with Gasteiger partial charge >= 0.3 is 5.97 Å². The predicted octanol–water partition coefficient (Wildman–Crippen LogP) is 2.02. The first-order valence-corrected chi connectivity index (χ1v) is 8.09. The molecule has 1 aliphatic rings. The SMILES string of the molecule is C[C@H](OC(=O)CCc1nc(-c2ccc(F)cc2)no1)C(=O)NC1CC1. The lowest BCUT2D eigenvalue weighted by molar-refractivity contribution is -0.154.